The molecule has 0 aromatic rings. The molecule has 0 N–H and O–H groups in total. The normalized spacial score (nSPS) is 10.2. The van der Waals surface area contributed by atoms with E-state index in [2.05, 4.69) is 6.92 Å². The summed E-state index contributed by atoms with van der Waals surface area (Å²) in [6.45, 7) is 4.85. The molecule has 0 spiro atoms. The standard InChI is InChI=1S/C8H15NO/c1-3-5-7-9(8-10)6-4-2/h4,6,8H,3,5,7H2,1-2H3/b6-4+. The smallest absolute Gasteiger partial charge is 0.213 e. The minimum atomic E-state index is 0.838. The number of allylic oxidation sites excluding steroid dienone is 1. The van der Waals surface area contributed by atoms with Crippen molar-refractivity contribution in [1.82, 2.24) is 4.90 Å². The number of unbranched alkanes of at least 4 members (excludes halogenated alkanes) is 1. The van der Waals surface area contributed by atoms with Gasteiger partial charge in [-0.25, -0.2) is 0 Å². The molecular formula is C8H15NO. The van der Waals surface area contributed by atoms with Gasteiger partial charge in [-0.15, -0.1) is 0 Å². The van der Waals surface area contributed by atoms with Crippen LogP contribution in [0.3, 0.4) is 0 Å². The van der Waals surface area contributed by atoms with Gasteiger partial charge in [0, 0.05) is 12.7 Å². The average molecular weight is 141 g/mol. The van der Waals surface area contributed by atoms with E-state index in [0.717, 1.165) is 25.8 Å². The molecule has 1 amide bonds. The second kappa shape index (κ2) is 6.33. The second-order valence-electron chi connectivity index (χ2n) is 2.18. The number of hydrogen-bond acceptors (Lipinski definition) is 1. The van der Waals surface area contributed by atoms with Gasteiger partial charge < -0.3 is 4.90 Å². The van der Waals surface area contributed by atoms with Crippen LogP contribution in [-0.2, 0) is 4.79 Å². The maximum Gasteiger partial charge on any atom is 0.213 e. The van der Waals surface area contributed by atoms with Crippen molar-refractivity contribution in [3.63, 3.8) is 0 Å². The number of nitrogens with zero attached hydrogens (tertiary/aromatic N) is 1. The van der Waals surface area contributed by atoms with Crippen molar-refractivity contribution in [1.29, 1.82) is 0 Å². The lowest BCUT2D eigenvalue weighted by molar-refractivity contribution is -0.115. The van der Waals surface area contributed by atoms with Gasteiger partial charge in [-0.1, -0.05) is 19.4 Å². The lowest BCUT2D eigenvalue weighted by atomic mass is 10.3. The molecule has 0 radical (unpaired) electrons. The van der Waals surface area contributed by atoms with Gasteiger partial charge in [0.25, 0.3) is 0 Å². The predicted octanol–water partition coefficient (Wildman–Crippen LogP) is 1.78. The van der Waals surface area contributed by atoms with Crippen molar-refractivity contribution < 1.29 is 4.79 Å². The molecule has 2 nitrogen and oxygen atoms in total. The van der Waals surface area contributed by atoms with Crippen molar-refractivity contribution in [2.24, 2.45) is 0 Å². The Morgan fingerprint density at radius 2 is 2.20 bits per heavy atom. The molecule has 0 aliphatic carbocycles. The average Bonchev–Trinajstić information content (AvgIpc) is 1.98. The molecule has 0 aromatic heterocycles. The third-order valence-electron chi connectivity index (χ3n) is 1.25. The van der Waals surface area contributed by atoms with Crippen molar-refractivity contribution in [3.05, 3.63) is 12.3 Å². The summed E-state index contributed by atoms with van der Waals surface area (Å²) in [6, 6.07) is 0. The Hall–Kier alpha value is -0.790. The van der Waals surface area contributed by atoms with Gasteiger partial charge in [0.1, 0.15) is 0 Å². The van der Waals surface area contributed by atoms with Crippen LogP contribution >= 0.6 is 0 Å². The van der Waals surface area contributed by atoms with E-state index < -0.39 is 0 Å². The zero-order chi connectivity index (χ0) is 7.82. The first kappa shape index (κ1) is 9.21. The summed E-state index contributed by atoms with van der Waals surface area (Å²) in [5, 5.41) is 0. The van der Waals surface area contributed by atoms with Gasteiger partial charge in [-0.3, -0.25) is 4.79 Å². The summed E-state index contributed by atoms with van der Waals surface area (Å²) >= 11 is 0. The van der Waals surface area contributed by atoms with E-state index in [0.29, 0.717) is 0 Å². The maximum absolute atomic E-state index is 10.3. The minimum absolute atomic E-state index is 0.838. The zero-order valence-corrected chi connectivity index (χ0v) is 6.71. The highest BCUT2D eigenvalue weighted by molar-refractivity contribution is 5.48. The highest BCUT2D eigenvalue weighted by Gasteiger charge is 1.92. The Morgan fingerprint density at radius 3 is 2.60 bits per heavy atom. The first-order chi connectivity index (χ1) is 4.85. The highest BCUT2D eigenvalue weighted by atomic mass is 16.1. The van der Waals surface area contributed by atoms with E-state index in [4.69, 9.17) is 0 Å². The van der Waals surface area contributed by atoms with Crippen molar-refractivity contribution in [2.75, 3.05) is 6.54 Å². The maximum atomic E-state index is 10.3. The SMILES string of the molecule is C/C=C/N(C=O)CCCC. The molecule has 0 rings (SSSR count). The van der Waals surface area contributed by atoms with E-state index >= 15 is 0 Å². The summed E-state index contributed by atoms with van der Waals surface area (Å²) in [5.41, 5.74) is 0. The van der Waals surface area contributed by atoms with Crippen LogP contribution in [0.5, 0.6) is 0 Å². The first-order valence-corrected chi connectivity index (χ1v) is 3.69. The number of hydrogen-bond donors (Lipinski definition) is 0. The molecule has 0 unspecified atom stereocenters. The molecule has 0 aliphatic heterocycles. The third kappa shape index (κ3) is 4.13. The van der Waals surface area contributed by atoms with Crippen LogP contribution in [0.15, 0.2) is 12.3 Å². The number of rotatable bonds is 5. The summed E-state index contributed by atoms with van der Waals surface area (Å²) in [4.78, 5) is 11.9. The molecule has 0 atom stereocenters. The molecule has 0 saturated heterocycles. The van der Waals surface area contributed by atoms with Crippen LogP contribution in [0.4, 0.5) is 0 Å². The Labute approximate surface area is 62.5 Å². The van der Waals surface area contributed by atoms with E-state index in [1.54, 1.807) is 11.1 Å². The molecule has 0 saturated carbocycles. The van der Waals surface area contributed by atoms with Crippen molar-refractivity contribution >= 4 is 6.41 Å². The molecule has 2 heteroatoms. The largest absolute Gasteiger partial charge is 0.322 e. The van der Waals surface area contributed by atoms with Crippen LogP contribution in [0.2, 0.25) is 0 Å². The summed E-state index contributed by atoms with van der Waals surface area (Å²) in [5.74, 6) is 0. The predicted molar refractivity (Wildman–Crippen MR) is 42.5 cm³/mol. The third-order valence-corrected chi connectivity index (χ3v) is 1.25. The van der Waals surface area contributed by atoms with Crippen molar-refractivity contribution in [3.8, 4) is 0 Å². The topological polar surface area (TPSA) is 20.3 Å². The van der Waals surface area contributed by atoms with Crippen LogP contribution in [0.1, 0.15) is 26.7 Å². The summed E-state index contributed by atoms with van der Waals surface area (Å²) < 4.78 is 0. The van der Waals surface area contributed by atoms with Crippen LogP contribution in [0.25, 0.3) is 0 Å². The van der Waals surface area contributed by atoms with Crippen LogP contribution < -0.4 is 0 Å². The first-order valence-electron chi connectivity index (χ1n) is 3.69. The van der Waals surface area contributed by atoms with E-state index in [-0.39, 0.29) is 0 Å². The Morgan fingerprint density at radius 1 is 1.50 bits per heavy atom. The molecule has 58 valence electrons. The monoisotopic (exact) mass is 141 g/mol. The van der Waals surface area contributed by atoms with E-state index in [1.165, 1.54) is 0 Å². The minimum Gasteiger partial charge on any atom is -0.322 e. The lowest BCUT2D eigenvalue weighted by Crippen LogP contribution is -2.15. The Balaban J connectivity index is 3.49. The van der Waals surface area contributed by atoms with Gasteiger partial charge in [-0.05, 0) is 13.3 Å². The lowest BCUT2D eigenvalue weighted by Gasteiger charge is -2.09. The molecular weight excluding hydrogens is 126 g/mol. The van der Waals surface area contributed by atoms with Gasteiger partial charge in [-0.2, -0.15) is 0 Å². The summed E-state index contributed by atoms with van der Waals surface area (Å²) in [6.07, 6.45) is 6.72. The fraction of sp³-hybridized carbons (Fsp3) is 0.625. The van der Waals surface area contributed by atoms with E-state index in [9.17, 15) is 4.79 Å². The number of amides is 1. The second-order valence-corrected chi connectivity index (χ2v) is 2.18. The molecule has 0 aliphatic rings. The zero-order valence-electron chi connectivity index (χ0n) is 6.71. The number of carbonyl (C=O) groups is 1. The molecule has 0 heterocycles. The highest BCUT2D eigenvalue weighted by Crippen LogP contribution is 1.91. The molecule has 0 aromatic carbocycles. The van der Waals surface area contributed by atoms with Gasteiger partial charge in [0.15, 0.2) is 0 Å². The Kier molecular flexibility index (Phi) is 5.83. The van der Waals surface area contributed by atoms with Gasteiger partial charge >= 0.3 is 0 Å². The molecule has 10 heavy (non-hydrogen) atoms. The Bertz CT molecular complexity index is 110. The molecule has 0 fully saturated rings. The van der Waals surface area contributed by atoms with E-state index in [1.807, 2.05) is 13.0 Å². The van der Waals surface area contributed by atoms with Gasteiger partial charge in [0.2, 0.25) is 6.41 Å². The van der Waals surface area contributed by atoms with Crippen LogP contribution in [-0.4, -0.2) is 17.9 Å². The fourth-order valence-corrected chi connectivity index (χ4v) is 0.695. The van der Waals surface area contributed by atoms with Crippen molar-refractivity contribution in [2.45, 2.75) is 26.7 Å². The fourth-order valence-electron chi connectivity index (χ4n) is 0.695. The number of carbonyl (C=O) groups excluding carboxylic acids is 1. The molecule has 0 bridgehead atoms. The van der Waals surface area contributed by atoms with Gasteiger partial charge in [0.05, 0.1) is 0 Å². The quantitative estimate of drug-likeness (QED) is 0.534. The summed E-state index contributed by atoms with van der Waals surface area (Å²) in [7, 11) is 0. The van der Waals surface area contributed by atoms with Crippen LogP contribution in [0, 0.1) is 0 Å².